The maximum Gasteiger partial charge on any atom is 0.137 e. The summed E-state index contributed by atoms with van der Waals surface area (Å²) in [6, 6.07) is -0.433. The first kappa shape index (κ1) is 14.2. The Morgan fingerprint density at radius 3 is 2.31 bits per heavy atom. The SMILES string of the molecule is CN(C(CCO)C1(F)CC1)[S+]([O-])C(C)(C)C. The summed E-state index contributed by atoms with van der Waals surface area (Å²) in [5.41, 5.74) is -1.24. The van der Waals surface area contributed by atoms with Crippen LogP contribution in [0.4, 0.5) is 4.39 Å². The molecule has 0 aromatic heterocycles. The molecule has 0 aromatic carbocycles. The van der Waals surface area contributed by atoms with Gasteiger partial charge in [0.05, 0.1) is 6.04 Å². The van der Waals surface area contributed by atoms with E-state index in [1.165, 1.54) is 0 Å². The molecule has 0 amide bonds. The lowest BCUT2D eigenvalue weighted by molar-refractivity contribution is 0.138. The molecule has 1 saturated carbocycles. The van der Waals surface area contributed by atoms with E-state index >= 15 is 0 Å². The Morgan fingerprint density at radius 1 is 1.50 bits per heavy atom. The lowest BCUT2D eigenvalue weighted by atomic mass is 10.1. The van der Waals surface area contributed by atoms with E-state index in [0.29, 0.717) is 19.3 Å². The molecule has 0 aromatic rings. The highest BCUT2D eigenvalue weighted by atomic mass is 32.2. The third kappa shape index (κ3) is 3.09. The molecule has 0 spiro atoms. The van der Waals surface area contributed by atoms with Gasteiger partial charge in [-0.2, -0.15) is 0 Å². The second kappa shape index (κ2) is 4.80. The fourth-order valence-electron chi connectivity index (χ4n) is 1.89. The van der Waals surface area contributed by atoms with Crippen LogP contribution < -0.4 is 0 Å². The summed E-state index contributed by atoms with van der Waals surface area (Å²) >= 11 is -1.24. The number of nitrogens with zero attached hydrogens (tertiary/aromatic N) is 1. The van der Waals surface area contributed by atoms with Gasteiger partial charge in [-0.1, -0.05) is 0 Å². The van der Waals surface area contributed by atoms with Gasteiger partial charge in [0.1, 0.15) is 10.4 Å². The largest absolute Gasteiger partial charge is 0.597 e. The third-order valence-corrected chi connectivity index (χ3v) is 4.78. The van der Waals surface area contributed by atoms with Gasteiger partial charge in [-0.3, -0.25) is 0 Å². The average Bonchev–Trinajstić information content (AvgIpc) is 2.90. The van der Waals surface area contributed by atoms with Crippen molar-refractivity contribution in [1.82, 2.24) is 4.31 Å². The van der Waals surface area contributed by atoms with Gasteiger partial charge in [-0.25, -0.2) is 4.39 Å². The number of hydrogen-bond donors (Lipinski definition) is 1. The summed E-state index contributed by atoms with van der Waals surface area (Å²) < 4.78 is 27.4. The summed E-state index contributed by atoms with van der Waals surface area (Å²) in [6.07, 6.45) is 1.38. The molecule has 2 atom stereocenters. The first-order valence-electron chi connectivity index (χ1n) is 5.67. The maximum absolute atomic E-state index is 14.1. The minimum Gasteiger partial charge on any atom is -0.597 e. The van der Waals surface area contributed by atoms with Gasteiger partial charge in [-0.15, -0.1) is 4.31 Å². The van der Waals surface area contributed by atoms with E-state index in [2.05, 4.69) is 0 Å². The highest BCUT2D eigenvalue weighted by molar-refractivity contribution is 7.90. The Bertz CT molecular complexity index is 241. The summed E-state index contributed by atoms with van der Waals surface area (Å²) in [4.78, 5) is 0. The van der Waals surface area contributed by atoms with Gasteiger partial charge >= 0.3 is 0 Å². The number of aliphatic hydroxyl groups excluding tert-OH is 1. The average molecular weight is 251 g/mol. The Balaban J connectivity index is 2.71. The molecule has 1 fully saturated rings. The van der Waals surface area contributed by atoms with Crippen molar-refractivity contribution < 1.29 is 14.0 Å². The Kier molecular flexibility index (Phi) is 4.27. The molecule has 2 unspecified atom stereocenters. The van der Waals surface area contributed by atoms with Crippen LogP contribution in [-0.2, 0) is 11.4 Å². The standard InChI is InChI=1S/C11H22FNO2S/c1-10(2,3)16(15)13(4)9(5-8-14)11(12)6-7-11/h9,14H,5-8H2,1-4H3. The second-order valence-electron chi connectivity index (χ2n) is 5.47. The molecule has 5 heteroatoms. The predicted molar refractivity (Wildman–Crippen MR) is 64.2 cm³/mol. The lowest BCUT2D eigenvalue weighted by Gasteiger charge is -2.36. The van der Waals surface area contributed by atoms with Crippen LogP contribution in [0.25, 0.3) is 0 Å². The molecule has 0 heterocycles. The topological polar surface area (TPSA) is 46.5 Å². The second-order valence-corrected chi connectivity index (χ2v) is 7.77. The van der Waals surface area contributed by atoms with Gasteiger partial charge in [0.25, 0.3) is 0 Å². The molecule has 0 radical (unpaired) electrons. The van der Waals surface area contributed by atoms with E-state index in [4.69, 9.17) is 5.11 Å². The van der Waals surface area contributed by atoms with Crippen molar-refractivity contribution in [1.29, 1.82) is 0 Å². The Labute approximate surface area is 100 Å². The van der Waals surface area contributed by atoms with Crippen molar-refractivity contribution in [2.45, 2.75) is 56.5 Å². The highest BCUT2D eigenvalue weighted by Crippen LogP contribution is 2.46. The molecule has 0 aliphatic heterocycles. The number of aliphatic hydroxyl groups is 1. The van der Waals surface area contributed by atoms with Crippen molar-refractivity contribution in [3.63, 3.8) is 0 Å². The molecule has 16 heavy (non-hydrogen) atoms. The van der Waals surface area contributed by atoms with Gasteiger partial charge < -0.3 is 9.66 Å². The van der Waals surface area contributed by atoms with E-state index < -0.39 is 27.8 Å². The van der Waals surface area contributed by atoms with E-state index in [9.17, 15) is 8.94 Å². The minimum atomic E-state index is -1.24. The monoisotopic (exact) mass is 251 g/mol. The molecule has 0 saturated heterocycles. The van der Waals surface area contributed by atoms with Crippen LogP contribution in [0.1, 0.15) is 40.0 Å². The number of rotatable bonds is 5. The molecular weight excluding hydrogens is 229 g/mol. The minimum absolute atomic E-state index is 0.0674. The fraction of sp³-hybridized carbons (Fsp3) is 1.00. The van der Waals surface area contributed by atoms with Crippen molar-refractivity contribution in [2.75, 3.05) is 13.7 Å². The van der Waals surface area contributed by atoms with Crippen LogP contribution in [0.2, 0.25) is 0 Å². The highest BCUT2D eigenvalue weighted by Gasteiger charge is 2.55. The van der Waals surface area contributed by atoms with E-state index in [-0.39, 0.29) is 6.61 Å². The van der Waals surface area contributed by atoms with Crippen LogP contribution in [0.3, 0.4) is 0 Å². The van der Waals surface area contributed by atoms with Gasteiger partial charge in [0.2, 0.25) is 0 Å². The Morgan fingerprint density at radius 2 is 2.00 bits per heavy atom. The van der Waals surface area contributed by atoms with Gasteiger partial charge in [0, 0.05) is 25.0 Å². The van der Waals surface area contributed by atoms with E-state index in [1.54, 1.807) is 11.4 Å². The summed E-state index contributed by atoms with van der Waals surface area (Å²) in [7, 11) is 1.68. The zero-order chi connectivity index (χ0) is 12.6. The molecule has 1 rings (SSSR count). The molecule has 3 nitrogen and oxygen atoms in total. The molecule has 96 valence electrons. The lowest BCUT2D eigenvalue weighted by Crippen LogP contribution is -2.50. The number of halogens is 1. The van der Waals surface area contributed by atoms with Gasteiger partial charge in [-0.05, 0) is 40.0 Å². The maximum atomic E-state index is 14.1. The fourth-order valence-corrected chi connectivity index (χ4v) is 3.28. The van der Waals surface area contributed by atoms with Crippen molar-refractivity contribution in [2.24, 2.45) is 0 Å². The quantitative estimate of drug-likeness (QED) is 0.756. The molecule has 0 bridgehead atoms. The number of hydrogen-bond acceptors (Lipinski definition) is 3. The smallest absolute Gasteiger partial charge is 0.137 e. The Hall–Kier alpha value is 0.160. The van der Waals surface area contributed by atoms with Crippen molar-refractivity contribution >= 4 is 11.4 Å². The third-order valence-electron chi connectivity index (χ3n) is 2.95. The summed E-state index contributed by atoms with van der Waals surface area (Å²) in [6.45, 7) is 5.54. The van der Waals surface area contributed by atoms with Crippen molar-refractivity contribution in [3.05, 3.63) is 0 Å². The van der Waals surface area contributed by atoms with E-state index in [1.807, 2.05) is 20.8 Å². The van der Waals surface area contributed by atoms with E-state index in [0.717, 1.165) is 0 Å². The van der Waals surface area contributed by atoms with Crippen LogP contribution in [-0.4, -0.2) is 44.1 Å². The van der Waals surface area contributed by atoms with Crippen LogP contribution in [0, 0.1) is 0 Å². The molecule has 1 aliphatic rings. The summed E-state index contributed by atoms with van der Waals surface area (Å²) in [5.74, 6) is 0. The van der Waals surface area contributed by atoms with Gasteiger partial charge in [0.15, 0.2) is 0 Å². The molecule has 1 N–H and O–H groups in total. The number of alkyl halides is 1. The first-order valence-corrected chi connectivity index (χ1v) is 6.77. The normalized spacial score (nSPS) is 23.2. The summed E-state index contributed by atoms with van der Waals surface area (Å²) in [5, 5.41) is 8.97. The van der Waals surface area contributed by atoms with Crippen LogP contribution in [0.5, 0.6) is 0 Å². The first-order chi connectivity index (χ1) is 7.22. The zero-order valence-electron chi connectivity index (χ0n) is 10.5. The zero-order valence-corrected chi connectivity index (χ0v) is 11.3. The molecular formula is C11H22FNO2S. The molecule has 1 aliphatic carbocycles. The van der Waals surface area contributed by atoms with Crippen LogP contribution in [0.15, 0.2) is 0 Å². The van der Waals surface area contributed by atoms with Crippen LogP contribution >= 0.6 is 0 Å². The predicted octanol–water partition coefficient (Wildman–Crippen LogP) is 1.63. The van der Waals surface area contributed by atoms with Crippen molar-refractivity contribution in [3.8, 4) is 0 Å².